The van der Waals surface area contributed by atoms with Crippen LogP contribution in [-0.2, 0) is 19.9 Å². The molecule has 0 aliphatic heterocycles. The Bertz CT molecular complexity index is 701. The van der Waals surface area contributed by atoms with Crippen LogP contribution in [0.15, 0.2) is 17.0 Å². The summed E-state index contributed by atoms with van der Waals surface area (Å²) in [5.74, 6) is -0.0702. The van der Waals surface area contributed by atoms with Crippen molar-refractivity contribution in [1.29, 1.82) is 0 Å². The molecule has 0 heterocycles. The molecule has 0 amide bonds. The molecule has 0 saturated heterocycles. The van der Waals surface area contributed by atoms with Crippen LogP contribution in [-0.4, -0.2) is 34.9 Å². The summed E-state index contributed by atoms with van der Waals surface area (Å²) in [5, 5.41) is 4.57. The molecular weight excluding hydrogens is 349 g/mol. The number of primary sulfonamides is 1. The van der Waals surface area contributed by atoms with Crippen LogP contribution in [0.1, 0.15) is 6.92 Å². The van der Waals surface area contributed by atoms with E-state index < -0.39 is 19.9 Å². The number of rotatable bonds is 6. The fraction of sp³-hybridized carbons (Fsp3) is 0.400. The molecular formula is C10H13Cl2NO5S2. The third-order valence-corrected chi connectivity index (χ3v) is 6.01. The molecule has 0 bridgehead atoms. The maximum absolute atomic E-state index is 11.3. The standard InChI is InChI=1S/C10H13Cl2NO5S2/c1-2-19(14,15)6-5-18-7-3-4-8(20(13,16)17)10(12)9(7)11/h3-4H,2,5-6H2,1H3,(H2,13,16,17). The Labute approximate surface area is 127 Å². The number of ether oxygens (including phenoxy) is 1. The first-order valence-electron chi connectivity index (χ1n) is 5.42. The van der Waals surface area contributed by atoms with Crippen molar-refractivity contribution in [2.75, 3.05) is 18.1 Å². The number of hydrogen-bond donors (Lipinski definition) is 1. The highest BCUT2D eigenvalue weighted by molar-refractivity contribution is 7.91. The van der Waals surface area contributed by atoms with E-state index in [9.17, 15) is 16.8 Å². The van der Waals surface area contributed by atoms with Gasteiger partial charge >= 0.3 is 0 Å². The average molecular weight is 362 g/mol. The molecule has 0 saturated carbocycles. The van der Waals surface area contributed by atoms with E-state index >= 15 is 0 Å². The van der Waals surface area contributed by atoms with Crippen molar-refractivity contribution >= 4 is 43.1 Å². The summed E-state index contributed by atoms with van der Waals surface area (Å²) in [6.45, 7) is 1.42. The molecule has 1 aromatic carbocycles. The topological polar surface area (TPSA) is 104 Å². The van der Waals surface area contributed by atoms with E-state index in [1.807, 2.05) is 0 Å². The predicted molar refractivity (Wildman–Crippen MR) is 77.7 cm³/mol. The van der Waals surface area contributed by atoms with Crippen LogP contribution in [0.4, 0.5) is 0 Å². The van der Waals surface area contributed by atoms with Gasteiger partial charge in [-0.2, -0.15) is 0 Å². The molecule has 0 atom stereocenters. The van der Waals surface area contributed by atoms with Gasteiger partial charge in [-0.15, -0.1) is 0 Å². The molecule has 0 aromatic heterocycles. The Kier molecular flexibility index (Phi) is 5.68. The van der Waals surface area contributed by atoms with Crippen LogP contribution < -0.4 is 9.88 Å². The predicted octanol–water partition coefficient (Wildman–Crippen LogP) is 1.45. The van der Waals surface area contributed by atoms with Gasteiger partial charge in [0.05, 0.1) is 10.8 Å². The number of sulfonamides is 1. The van der Waals surface area contributed by atoms with Gasteiger partial charge in [-0.25, -0.2) is 22.0 Å². The highest BCUT2D eigenvalue weighted by Gasteiger charge is 2.19. The second kappa shape index (κ2) is 6.48. The zero-order chi connectivity index (χ0) is 15.6. The minimum absolute atomic E-state index is 0.00913. The van der Waals surface area contributed by atoms with Crippen molar-refractivity contribution in [3.05, 3.63) is 22.2 Å². The molecule has 10 heteroatoms. The van der Waals surface area contributed by atoms with Crippen LogP contribution in [0, 0.1) is 0 Å². The largest absolute Gasteiger partial charge is 0.491 e. The third-order valence-electron chi connectivity index (χ3n) is 2.41. The highest BCUT2D eigenvalue weighted by atomic mass is 35.5. The summed E-state index contributed by atoms with van der Waals surface area (Å²) >= 11 is 11.7. The van der Waals surface area contributed by atoms with E-state index in [0.29, 0.717) is 0 Å². The molecule has 0 unspecified atom stereocenters. The number of halogens is 2. The number of hydrogen-bond acceptors (Lipinski definition) is 5. The first kappa shape index (κ1) is 17.5. The Morgan fingerprint density at radius 2 is 1.75 bits per heavy atom. The van der Waals surface area contributed by atoms with Crippen LogP contribution in [0.25, 0.3) is 0 Å². The quantitative estimate of drug-likeness (QED) is 0.825. The molecule has 0 aliphatic rings. The van der Waals surface area contributed by atoms with E-state index in [2.05, 4.69) is 0 Å². The lowest BCUT2D eigenvalue weighted by atomic mass is 10.3. The molecule has 0 radical (unpaired) electrons. The number of sulfone groups is 1. The first-order valence-corrected chi connectivity index (χ1v) is 9.55. The zero-order valence-electron chi connectivity index (χ0n) is 10.5. The van der Waals surface area contributed by atoms with Crippen LogP contribution in [0.5, 0.6) is 5.75 Å². The fourth-order valence-electron chi connectivity index (χ4n) is 1.27. The fourth-order valence-corrected chi connectivity index (χ4v) is 3.26. The maximum Gasteiger partial charge on any atom is 0.239 e. The molecule has 1 rings (SSSR count). The molecule has 0 spiro atoms. The van der Waals surface area contributed by atoms with Crippen molar-refractivity contribution in [3.63, 3.8) is 0 Å². The van der Waals surface area contributed by atoms with Crippen LogP contribution in [0.2, 0.25) is 10.0 Å². The first-order chi connectivity index (χ1) is 9.08. The van der Waals surface area contributed by atoms with Gasteiger partial charge in [0.2, 0.25) is 10.0 Å². The minimum atomic E-state index is -3.99. The van der Waals surface area contributed by atoms with E-state index in [1.165, 1.54) is 13.0 Å². The highest BCUT2D eigenvalue weighted by Crippen LogP contribution is 2.36. The summed E-state index contributed by atoms with van der Waals surface area (Å²) in [6, 6.07) is 2.42. The van der Waals surface area contributed by atoms with Gasteiger partial charge in [0, 0.05) is 5.75 Å². The summed E-state index contributed by atoms with van der Waals surface area (Å²) in [4.78, 5) is -0.322. The van der Waals surface area contributed by atoms with Crippen molar-refractivity contribution in [3.8, 4) is 5.75 Å². The molecule has 114 valence electrons. The summed E-state index contributed by atoms with van der Waals surface area (Å²) in [5.41, 5.74) is 0. The van der Waals surface area contributed by atoms with Gasteiger partial charge in [0.1, 0.15) is 22.3 Å². The third kappa shape index (κ3) is 4.49. The Hall–Kier alpha value is -0.540. The average Bonchev–Trinajstić information content (AvgIpc) is 2.33. The lowest BCUT2D eigenvalue weighted by Gasteiger charge is -2.11. The SMILES string of the molecule is CCS(=O)(=O)CCOc1ccc(S(N)(=O)=O)c(Cl)c1Cl. The van der Waals surface area contributed by atoms with Crippen molar-refractivity contribution in [1.82, 2.24) is 0 Å². The van der Waals surface area contributed by atoms with Gasteiger partial charge in [0.15, 0.2) is 9.84 Å². The van der Waals surface area contributed by atoms with Crippen molar-refractivity contribution in [2.24, 2.45) is 5.14 Å². The minimum Gasteiger partial charge on any atom is -0.491 e. The van der Waals surface area contributed by atoms with Gasteiger partial charge < -0.3 is 4.74 Å². The van der Waals surface area contributed by atoms with Crippen molar-refractivity contribution < 1.29 is 21.6 Å². The number of benzene rings is 1. The van der Waals surface area contributed by atoms with E-state index in [-0.39, 0.29) is 38.8 Å². The monoisotopic (exact) mass is 361 g/mol. The second-order valence-corrected chi connectivity index (χ2v) is 8.58. The molecule has 0 fully saturated rings. The van der Waals surface area contributed by atoms with Gasteiger partial charge in [-0.1, -0.05) is 30.1 Å². The van der Waals surface area contributed by atoms with E-state index in [1.54, 1.807) is 0 Å². The summed E-state index contributed by atoms with van der Waals surface area (Å²) in [6.07, 6.45) is 0. The zero-order valence-corrected chi connectivity index (χ0v) is 13.6. The Morgan fingerprint density at radius 1 is 1.15 bits per heavy atom. The van der Waals surface area contributed by atoms with E-state index in [4.69, 9.17) is 33.1 Å². The lowest BCUT2D eigenvalue weighted by Crippen LogP contribution is -2.16. The summed E-state index contributed by atoms with van der Waals surface area (Å²) < 4.78 is 50.2. The van der Waals surface area contributed by atoms with Gasteiger partial charge in [-0.3, -0.25) is 0 Å². The Balaban J connectivity index is 2.93. The van der Waals surface area contributed by atoms with E-state index in [0.717, 1.165) is 6.07 Å². The van der Waals surface area contributed by atoms with Crippen LogP contribution >= 0.6 is 23.2 Å². The molecule has 20 heavy (non-hydrogen) atoms. The molecule has 6 nitrogen and oxygen atoms in total. The molecule has 2 N–H and O–H groups in total. The molecule has 0 aliphatic carbocycles. The number of nitrogens with two attached hydrogens (primary N) is 1. The van der Waals surface area contributed by atoms with Gasteiger partial charge in [0.25, 0.3) is 0 Å². The smallest absolute Gasteiger partial charge is 0.239 e. The Morgan fingerprint density at radius 3 is 2.25 bits per heavy atom. The van der Waals surface area contributed by atoms with Gasteiger partial charge in [-0.05, 0) is 12.1 Å². The normalized spacial score (nSPS) is 12.4. The maximum atomic E-state index is 11.3. The second-order valence-electron chi connectivity index (χ2n) is 3.82. The lowest BCUT2D eigenvalue weighted by molar-refractivity contribution is 0.341. The van der Waals surface area contributed by atoms with Crippen LogP contribution in [0.3, 0.4) is 0 Å². The van der Waals surface area contributed by atoms with Crippen molar-refractivity contribution in [2.45, 2.75) is 11.8 Å². The molecule has 1 aromatic rings. The summed E-state index contributed by atoms with van der Waals surface area (Å²) in [7, 11) is -7.15.